The second-order valence-corrected chi connectivity index (χ2v) is 5.97. The molecule has 0 saturated carbocycles. The van der Waals surface area contributed by atoms with E-state index in [1.807, 2.05) is 24.3 Å². The number of nitrogens with zero attached hydrogens (tertiary/aromatic N) is 1. The van der Waals surface area contributed by atoms with Gasteiger partial charge in [0.05, 0.1) is 4.92 Å². The number of nitro groups is 1. The molecule has 1 atom stereocenters. The van der Waals surface area contributed by atoms with Gasteiger partial charge in [0.1, 0.15) is 10.8 Å². The van der Waals surface area contributed by atoms with Crippen LogP contribution >= 0.6 is 11.6 Å². The van der Waals surface area contributed by atoms with Crippen LogP contribution in [0.5, 0.6) is 5.75 Å². The minimum atomic E-state index is -0.758. The Bertz CT molecular complexity index is 762. The van der Waals surface area contributed by atoms with Crippen molar-refractivity contribution in [2.24, 2.45) is 0 Å². The minimum Gasteiger partial charge on any atom is -0.481 e. The molecule has 0 spiro atoms. The molecule has 0 aromatic heterocycles. The van der Waals surface area contributed by atoms with Crippen LogP contribution in [0.15, 0.2) is 42.5 Å². The summed E-state index contributed by atoms with van der Waals surface area (Å²) in [4.78, 5) is 22.5. The van der Waals surface area contributed by atoms with Crippen molar-refractivity contribution in [3.63, 3.8) is 0 Å². The maximum atomic E-state index is 12.2. The minimum absolute atomic E-state index is 0.0134. The quantitative estimate of drug-likeness (QED) is 0.576. The summed E-state index contributed by atoms with van der Waals surface area (Å²) in [6, 6.07) is 11.7. The van der Waals surface area contributed by atoms with Crippen molar-refractivity contribution in [2.45, 2.75) is 32.8 Å². The highest BCUT2D eigenvalue weighted by molar-refractivity contribution is 6.32. The van der Waals surface area contributed by atoms with Crippen molar-refractivity contribution in [1.82, 2.24) is 0 Å². The molecule has 0 bridgehead atoms. The monoisotopic (exact) mass is 362 g/mol. The number of carbonyl (C=O) groups excluding carboxylic acids is 1. The first-order chi connectivity index (χ1) is 11.9. The Morgan fingerprint density at radius 2 is 1.96 bits per heavy atom. The number of amides is 1. The van der Waals surface area contributed by atoms with Gasteiger partial charge in [-0.2, -0.15) is 0 Å². The summed E-state index contributed by atoms with van der Waals surface area (Å²) in [5.41, 5.74) is 1.23. The Labute approximate surface area is 150 Å². The van der Waals surface area contributed by atoms with Gasteiger partial charge in [-0.05, 0) is 43.2 Å². The Morgan fingerprint density at radius 1 is 1.28 bits per heavy atom. The van der Waals surface area contributed by atoms with E-state index >= 15 is 0 Å². The second-order valence-electron chi connectivity index (χ2n) is 5.57. The summed E-state index contributed by atoms with van der Waals surface area (Å²) >= 11 is 5.75. The number of nitro benzene ring substituents is 1. The molecule has 1 unspecified atom stereocenters. The molecule has 6 nitrogen and oxygen atoms in total. The van der Waals surface area contributed by atoms with Crippen molar-refractivity contribution < 1.29 is 14.5 Å². The van der Waals surface area contributed by atoms with Crippen molar-refractivity contribution >= 4 is 28.9 Å². The highest BCUT2D eigenvalue weighted by Crippen LogP contribution is 2.27. The van der Waals surface area contributed by atoms with E-state index in [1.165, 1.54) is 23.8 Å². The zero-order valence-electron chi connectivity index (χ0n) is 14.0. The highest BCUT2D eigenvalue weighted by atomic mass is 35.5. The van der Waals surface area contributed by atoms with Gasteiger partial charge in [0.25, 0.3) is 11.6 Å². The average Bonchev–Trinajstić information content (AvgIpc) is 2.58. The van der Waals surface area contributed by atoms with Gasteiger partial charge in [0.15, 0.2) is 6.10 Å². The van der Waals surface area contributed by atoms with Crippen LogP contribution < -0.4 is 10.1 Å². The number of carbonyl (C=O) groups is 1. The largest absolute Gasteiger partial charge is 0.481 e. The number of hydrogen-bond donors (Lipinski definition) is 1. The molecular weight excluding hydrogens is 344 g/mol. The summed E-state index contributed by atoms with van der Waals surface area (Å²) in [5.74, 6) is 0.179. The number of benzene rings is 2. The van der Waals surface area contributed by atoms with Crippen LogP contribution in [0.4, 0.5) is 11.4 Å². The van der Waals surface area contributed by atoms with E-state index in [4.69, 9.17) is 16.3 Å². The summed E-state index contributed by atoms with van der Waals surface area (Å²) in [5, 5.41) is 13.5. The number of aryl methyl sites for hydroxylation is 1. The van der Waals surface area contributed by atoms with E-state index in [0.29, 0.717) is 5.75 Å². The fourth-order valence-corrected chi connectivity index (χ4v) is 2.44. The van der Waals surface area contributed by atoms with Crippen LogP contribution in [0.25, 0.3) is 0 Å². The van der Waals surface area contributed by atoms with Gasteiger partial charge in [0, 0.05) is 11.8 Å². The topological polar surface area (TPSA) is 81.5 Å². The van der Waals surface area contributed by atoms with Crippen molar-refractivity contribution in [3.05, 3.63) is 63.2 Å². The number of anilines is 1. The lowest BCUT2D eigenvalue weighted by Crippen LogP contribution is -2.30. The van der Waals surface area contributed by atoms with Crippen LogP contribution in [0, 0.1) is 10.1 Å². The van der Waals surface area contributed by atoms with Crippen molar-refractivity contribution in [1.29, 1.82) is 0 Å². The molecule has 25 heavy (non-hydrogen) atoms. The SMILES string of the molecule is CCCc1ccc(OC(C)C(=O)Nc2ccc(Cl)c([N+](=O)[O-])c2)cc1. The summed E-state index contributed by atoms with van der Waals surface area (Å²) in [6.45, 7) is 3.72. The third kappa shape index (κ3) is 5.19. The molecule has 0 heterocycles. The molecule has 7 heteroatoms. The lowest BCUT2D eigenvalue weighted by molar-refractivity contribution is -0.384. The van der Waals surface area contributed by atoms with Gasteiger partial charge >= 0.3 is 0 Å². The Balaban J connectivity index is 2.00. The first-order valence-corrected chi connectivity index (χ1v) is 8.29. The fourth-order valence-electron chi connectivity index (χ4n) is 2.26. The van der Waals surface area contributed by atoms with E-state index in [9.17, 15) is 14.9 Å². The second kappa shape index (κ2) is 8.48. The van der Waals surface area contributed by atoms with Crippen LogP contribution in [0.3, 0.4) is 0 Å². The molecule has 2 rings (SSSR count). The predicted octanol–water partition coefficient (Wildman–Crippen LogP) is 4.61. The normalized spacial score (nSPS) is 11.6. The molecule has 2 aromatic carbocycles. The zero-order valence-corrected chi connectivity index (χ0v) is 14.7. The molecule has 132 valence electrons. The van der Waals surface area contributed by atoms with Crippen molar-refractivity contribution in [3.8, 4) is 5.75 Å². The third-order valence-corrected chi connectivity index (χ3v) is 3.87. The van der Waals surface area contributed by atoms with Crippen LogP contribution in [0.1, 0.15) is 25.8 Å². The highest BCUT2D eigenvalue weighted by Gasteiger charge is 2.18. The van der Waals surface area contributed by atoms with Gasteiger partial charge in [-0.25, -0.2) is 0 Å². The third-order valence-electron chi connectivity index (χ3n) is 3.55. The van der Waals surface area contributed by atoms with Gasteiger partial charge in [-0.15, -0.1) is 0 Å². The van der Waals surface area contributed by atoms with E-state index < -0.39 is 16.9 Å². The smallest absolute Gasteiger partial charge is 0.289 e. The van der Waals surface area contributed by atoms with E-state index in [2.05, 4.69) is 12.2 Å². The lowest BCUT2D eigenvalue weighted by atomic mass is 10.1. The number of hydrogen-bond acceptors (Lipinski definition) is 4. The molecule has 0 saturated heterocycles. The summed E-state index contributed by atoms with van der Waals surface area (Å²) < 4.78 is 5.61. The number of ether oxygens (including phenoxy) is 1. The molecule has 0 aliphatic rings. The van der Waals surface area contributed by atoms with Crippen LogP contribution in [-0.2, 0) is 11.2 Å². The lowest BCUT2D eigenvalue weighted by Gasteiger charge is -2.15. The van der Waals surface area contributed by atoms with E-state index in [-0.39, 0.29) is 16.4 Å². The predicted molar refractivity (Wildman–Crippen MR) is 97.3 cm³/mol. The molecule has 0 fully saturated rings. The molecule has 1 N–H and O–H groups in total. The molecule has 1 amide bonds. The fraction of sp³-hybridized carbons (Fsp3) is 0.278. The first kappa shape index (κ1) is 18.7. The average molecular weight is 363 g/mol. The zero-order chi connectivity index (χ0) is 18.4. The van der Waals surface area contributed by atoms with Gasteiger partial charge in [-0.3, -0.25) is 14.9 Å². The Morgan fingerprint density at radius 3 is 2.56 bits per heavy atom. The number of halogens is 1. The Hall–Kier alpha value is -2.60. The molecule has 0 aliphatic heterocycles. The van der Waals surface area contributed by atoms with Gasteiger partial charge in [0.2, 0.25) is 0 Å². The summed E-state index contributed by atoms with van der Waals surface area (Å²) in [7, 11) is 0. The van der Waals surface area contributed by atoms with Crippen LogP contribution in [-0.4, -0.2) is 16.9 Å². The maximum Gasteiger partial charge on any atom is 0.289 e. The molecular formula is C18H19ClN2O4. The Kier molecular flexibility index (Phi) is 6.36. The molecule has 0 radical (unpaired) electrons. The van der Waals surface area contributed by atoms with Crippen LogP contribution in [0.2, 0.25) is 5.02 Å². The molecule has 2 aromatic rings. The first-order valence-electron chi connectivity index (χ1n) is 7.91. The van der Waals surface area contributed by atoms with Gasteiger partial charge < -0.3 is 10.1 Å². The van der Waals surface area contributed by atoms with Crippen molar-refractivity contribution in [2.75, 3.05) is 5.32 Å². The van der Waals surface area contributed by atoms with Gasteiger partial charge in [-0.1, -0.05) is 37.1 Å². The number of nitrogens with one attached hydrogen (secondary N) is 1. The van der Waals surface area contributed by atoms with E-state index in [1.54, 1.807) is 6.92 Å². The number of rotatable bonds is 7. The van der Waals surface area contributed by atoms with E-state index in [0.717, 1.165) is 12.8 Å². The summed E-state index contributed by atoms with van der Waals surface area (Å²) in [6.07, 6.45) is 1.30. The standard InChI is InChI=1S/C18H19ClN2O4/c1-3-4-13-5-8-15(9-6-13)25-12(2)18(22)20-14-7-10-16(19)17(11-14)21(23)24/h5-12H,3-4H2,1-2H3,(H,20,22). The molecule has 0 aliphatic carbocycles. The maximum absolute atomic E-state index is 12.2.